The molecule has 1 heterocycles. The molecule has 1 atom stereocenters. The fourth-order valence-electron chi connectivity index (χ4n) is 3.02. The van der Waals surface area contributed by atoms with Crippen molar-refractivity contribution in [1.29, 1.82) is 0 Å². The van der Waals surface area contributed by atoms with Crippen LogP contribution in [0.5, 0.6) is 11.5 Å². The smallest absolute Gasteiger partial charge is 0.251 e. The maximum Gasteiger partial charge on any atom is 0.251 e. The minimum absolute atomic E-state index is 0.0778. The molecule has 0 aromatic heterocycles. The lowest BCUT2D eigenvalue weighted by Crippen LogP contribution is -2.40. The fourth-order valence-corrected chi connectivity index (χ4v) is 4.98. The molecule has 0 saturated heterocycles. The summed E-state index contributed by atoms with van der Waals surface area (Å²) in [6.07, 6.45) is -0.347. The van der Waals surface area contributed by atoms with Crippen molar-refractivity contribution in [2.45, 2.75) is 24.8 Å². The van der Waals surface area contributed by atoms with Gasteiger partial charge in [0.1, 0.15) is 17.6 Å². The molecule has 2 aromatic rings. The number of nitrogens with one attached hydrogen (secondary N) is 1. The molecular weight excluding hydrogens is 416 g/mol. The molecule has 1 aliphatic heterocycles. The molecule has 0 aliphatic carbocycles. The number of para-hydroxylation sites is 2. The molecule has 1 amide bonds. The van der Waals surface area contributed by atoms with Gasteiger partial charge in [-0.1, -0.05) is 37.6 Å². The highest BCUT2D eigenvalue weighted by Crippen LogP contribution is 2.30. The number of benzene rings is 2. The summed E-state index contributed by atoms with van der Waals surface area (Å²) in [5.41, 5.74) is 0.206. The molecule has 9 heteroatoms. The summed E-state index contributed by atoms with van der Waals surface area (Å²) in [6.45, 7) is 4.64. The van der Waals surface area contributed by atoms with Gasteiger partial charge in [-0.25, -0.2) is 8.42 Å². The molecule has 156 valence electrons. The number of halogens is 1. The first-order valence-corrected chi connectivity index (χ1v) is 11.1. The number of amides is 1. The molecule has 7 nitrogen and oxygen atoms in total. The fraction of sp³-hybridized carbons (Fsp3) is 0.350. The quantitative estimate of drug-likeness (QED) is 0.718. The molecule has 29 heavy (non-hydrogen) atoms. The van der Waals surface area contributed by atoms with Gasteiger partial charge in [-0.2, -0.15) is 4.31 Å². The Hall–Kier alpha value is -2.29. The Labute approximate surface area is 175 Å². The van der Waals surface area contributed by atoms with Crippen LogP contribution in [0.25, 0.3) is 0 Å². The molecular formula is C20H23ClN2O5S. The van der Waals surface area contributed by atoms with Crippen LogP contribution in [0.2, 0.25) is 5.02 Å². The highest BCUT2D eigenvalue weighted by Gasteiger charge is 2.26. The number of rotatable bonds is 7. The Morgan fingerprint density at radius 1 is 1.17 bits per heavy atom. The van der Waals surface area contributed by atoms with Gasteiger partial charge in [0, 0.05) is 18.7 Å². The summed E-state index contributed by atoms with van der Waals surface area (Å²) < 4.78 is 38.3. The first kappa shape index (κ1) is 21.4. The van der Waals surface area contributed by atoms with Crippen molar-refractivity contribution in [2.75, 3.05) is 26.2 Å². The molecule has 1 aliphatic rings. The van der Waals surface area contributed by atoms with Crippen LogP contribution >= 0.6 is 11.6 Å². The van der Waals surface area contributed by atoms with Gasteiger partial charge >= 0.3 is 0 Å². The minimum Gasteiger partial charge on any atom is -0.486 e. The van der Waals surface area contributed by atoms with Gasteiger partial charge in [-0.05, 0) is 30.3 Å². The van der Waals surface area contributed by atoms with Crippen LogP contribution < -0.4 is 14.8 Å². The lowest BCUT2D eigenvalue weighted by molar-refractivity contribution is 0.0789. The lowest BCUT2D eigenvalue weighted by Gasteiger charge is -2.26. The third-order valence-electron chi connectivity index (χ3n) is 4.57. The van der Waals surface area contributed by atoms with E-state index in [-0.39, 0.29) is 28.1 Å². The number of sulfonamides is 1. The summed E-state index contributed by atoms with van der Waals surface area (Å²) in [7, 11) is -3.78. The third-order valence-corrected chi connectivity index (χ3v) is 7.11. The van der Waals surface area contributed by atoms with E-state index in [1.165, 1.54) is 22.5 Å². The molecule has 1 N–H and O–H groups in total. The molecule has 0 fully saturated rings. The maximum absolute atomic E-state index is 12.8. The van der Waals surface area contributed by atoms with Crippen molar-refractivity contribution in [2.24, 2.45) is 0 Å². The van der Waals surface area contributed by atoms with E-state index in [9.17, 15) is 13.2 Å². The van der Waals surface area contributed by atoms with E-state index >= 15 is 0 Å². The minimum atomic E-state index is -3.78. The van der Waals surface area contributed by atoms with Crippen LogP contribution in [0.15, 0.2) is 47.4 Å². The van der Waals surface area contributed by atoms with Gasteiger partial charge in [-0.3, -0.25) is 4.79 Å². The molecule has 0 saturated carbocycles. The zero-order chi connectivity index (χ0) is 21.0. The zero-order valence-corrected chi connectivity index (χ0v) is 17.8. The van der Waals surface area contributed by atoms with Gasteiger partial charge in [0.05, 0.1) is 11.6 Å². The predicted octanol–water partition coefficient (Wildman–Crippen LogP) is 2.94. The van der Waals surface area contributed by atoms with Crippen molar-refractivity contribution in [3.05, 3.63) is 53.1 Å². The van der Waals surface area contributed by atoms with Gasteiger partial charge in [0.2, 0.25) is 10.0 Å². The topological polar surface area (TPSA) is 84.9 Å². The van der Waals surface area contributed by atoms with Crippen molar-refractivity contribution in [1.82, 2.24) is 9.62 Å². The van der Waals surface area contributed by atoms with E-state index in [0.29, 0.717) is 31.2 Å². The monoisotopic (exact) mass is 438 g/mol. The number of nitrogens with zero attached hydrogens (tertiary/aromatic N) is 1. The van der Waals surface area contributed by atoms with Gasteiger partial charge in [0.15, 0.2) is 11.5 Å². The predicted molar refractivity (Wildman–Crippen MR) is 110 cm³/mol. The van der Waals surface area contributed by atoms with Gasteiger partial charge < -0.3 is 14.8 Å². The average Bonchev–Trinajstić information content (AvgIpc) is 2.72. The highest BCUT2D eigenvalue weighted by molar-refractivity contribution is 7.89. The van der Waals surface area contributed by atoms with E-state index in [1.807, 2.05) is 18.2 Å². The first-order valence-electron chi connectivity index (χ1n) is 9.33. The van der Waals surface area contributed by atoms with Crippen LogP contribution in [-0.2, 0) is 10.0 Å². The Kier molecular flexibility index (Phi) is 6.66. The summed E-state index contributed by atoms with van der Waals surface area (Å²) in [5.74, 6) is 0.872. The van der Waals surface area contributed by atoms with Gasteiger partial charge in [-0.15, -0.1) is 0 Å². The summed E-state index contributed by atoms with van der Waals surface area (Å²) >= 11 is 6.12. The van der Waals surface area contributed by atoms with Crippen molar-refractivity contribution < 1.29 is 22.7 Å². The second kappa shape index (κ2) is 9.02. The van der Waals surface area contributed by atoms with E-state index < -0.39 is 15.9 Å². The van der Waals surface area contributed by atoms with Crippen molar-refractivity contribution in [3.8, 4) is 11.5 Å². The molecule has 3 rings (SSSR count). The third kappa shape index (κ3) is 4.66. The molecule has 0 spiro atoms. The maximum atomic E-state index is 12.8. The first-order chi connectivity index (χ1) is 13.9. The molecule has 0 radical (unpaired) electrons. The van der Waals surface area contributed by atoms with E-state index in [1.54, 1.807) is 19.9 Å². The number of hydrogen-bond donors (Lipinski definition) is 1. The van der Waals surface area contributed by atoms with Crippen molar-refractivity contribution >= 4 is 27.5 Å². The van der Waals surface area contributed by atoms with Crippen LogP contribution in [0, 0.1) is 0 Å². The van der Waals surface area contributed by atoms with Crippen LogP contribution in [0.1, 0.15) is 24.2 Å². The van der Waals surface area contributed by atoms with E-state index in [4.69, 9.17) is 21.1 Å². The summed E-state index contributed by atoms with van der Waals surface area (Å²) in [5, 5.41) is 2.84. The summed E-state index contributed by atoms with van der Waals surface area (Å²) in [4.78, 5) is 12.5. The lowest BCUT2D eigenvalue weighted by atomic mass is 10.2. The number of carbonyl (C=O) groups is 1. The Balaban J connectivity index is 1.71. The summed E-state index contributed by atoms with van der Waals surface area (Å²) in [6, 6.07) is 11.5. The van der Waals surface area contributed by atoms with E-state index in [2.05, 4.69) is 5.32 Å². The number of ether oxygens (including phenoxy) is 2. The van der Waals surface area contributed by atoms with E-state index in [0.717, 1.165) is 0 Å². The SMILES string of the molecule is CCN(CC)S(=O)(=O)c1cc(C(=O)NC[C@@H]2COc3ccccc3O2)ccc1Cl. The molecule has 0 unspecified atom stereocenters. The second-order valence-electron chi connectivity index (χ2n) is 6.44. The number of fused-ring (bicyclic) bond motifs is 1. The largest absolute Gasteiger partial charge is 0.486 e. The normalized spacial score (nSPS) is 15.9. The Morgan fingerprint density at radius 2 is 1.86 bits per heavy atom. The highest BCUT2D eigenvalue weighted by atomic mass is 35.5. The van der Waals surface area contributed by atoms with Crippen LogP contribution in [0.4, 0.5) is 0 Å². The molecule has 2 aromatic carbocycles. The Bertz CT molecular complexity index is 992. The van der Waals surface area contributed by atoms with Crippen LogP contribution in [0.3, 0.4) is 0 Å². The average molecular weight is 439 g/mol. The zero-order valence-electron chi connectivity index (χ0n) is 16.2. The standard InChI is InChI=1S/C20H23ClN2O5S/c1-3-23(4-2)29(25,26)19-11-14(9-10-16(19)21)20(24)22-12-15-13-27-17-7-5-6-8-18(17)28-15/h5-11,15H,3-4,12-13H2,1-2H3,(H,22,24)/t15-/m1/s1. The molecule has 0 bridgehead atoms. The second-order valence-corrected chi connectivity index (χ2v) is 8.76. The van der Waals surface area contributed by atoms with Gasteiger partial charge in [0.25, 0.3) is 5.91 Å². The number of hydrogen-bond acceptors (Lipinski definition) is 5. The van der Waals surface area contributed by atoms with Crippen molar-refractivity contribution in [3.63, 3.8) is 0 Å². The Morgan fingerprint density at radius 3 is 2.55 bits per heavy atom. The van der Waals surface area contributed by atoms with Crippen LogP contribution in [-0.4, -0.2) is 51.0 Å². The number of carbonyl (C=O) groups excluding carboxylic acids is 1.